The number of phenols is 1. The first kappa shape index (κ1) is 18.1. The zero-order valence-electron chi connectivity index (χ0n) is 14.4. The number of aliphatic hydroxyl groups is 1. The van der Waals surface area contributed by atoms with Crippen LogP contribution in [-0.4, -0.2) is 23.9 Å². The SMILES string of the molecule is C=CCc1cc(CNCC(C)(O)c2ccc(C)o2)cc(OC)c1O. The molecule has 0 aliphatic carbocycles. The monoisotopic (exact) mass is 331 g/mol. The third kappa shape index (κ3) is 4.19. The molecule has 0 saturated carbocycles. The Bertz CT molecular complexity index is 703. The topological polar surface area (TPSA) is 74.9 Å². The average Bonchev–Trinajstić information content (AvgIpc) is 2.97. The lowest BCUT2D eigenvalue weighted by molar-refractivity contribution is 0.0332. The van der Waals surface area contributed by atoms with Gasteiger partial charge < -0.3 is 24.7 Å². The summed E-state index contributed by atoms with van der Waals surface area (Å²) in [5, 5.41) is 23.8. The van der Waals surface area contributed by atoms with E-state index < -0.39 is 5.60 Å². The molecule has 0 bridgehead atoms. The fourth-order valence-electron chi connectivity index (χ4n) is 2.56. The molecule has 0 saturated heterocycles. The summed E-state index contributed by atoms with van der Waals surface area (Å²) < 4.78 is 10.7. The van der Waals surface area contributed by atoms with Crippen LogP contribution in [0.5, 0.6) is 11.5 Å². The highest BCUT2D eigenvalue weighted by molar-refractivity contribution is 5.49. The van der Waals surface area contributed by atoms with E-state index >= 15 is 0 Å². The summed E-state index contributed by atoms with van der Waals surface area (Å²) in [5.74, 6) is 1.87. The standard InChI is InChI=1S/C19H25NO4/c1-5-6-15-9-14(10-16(23-4)18(15)21)11-20-12-19(3,22)17-8-7-13(2)24-17/h5,7-10,20-22H,1,6,11-12H2,2-4H3. The number of benzene rings is 1. The first-order valence-corrected chi connectivity index (χ1v) is 7.87. The number of nitrogens with one attached hydrogen (secondary N) is 1. The normalized spacial score (nSPS) is 13.5. The summed E-state index contributed by atoms with van der Waals surface area (Å²) in [6, 6.07) is 7.29. The molecule has 2 aromatic rings. The molecule has 0 spiro atoms. The highest BCUT2D eigenvalue weighted by atomic mass is 16.5. The van der Waals surface area contributed by atoms with Gasteiger partial charge in [-0.15, -0.1) is 6.58 Å². The molecule has 5 heteroatoms. The Morgan fingerprint density at radius 2 is 2.12 bits per heavy atom. The van der Waals surface area contributed by atoms with E-state index in [1.54, 1.807) is 25.1 Å². The van der Waals surface area contributed by atoms with Crippen molar-refractivity contribution in [3.63, 3.8) is 0 Å². The van der Waals surface area contributed by atoms with Gasteiger partial charge in [0, 0.05) is 18.7 Å². The molecule has 24 heavy (non-hydrogen) atoms. The van der Waals surface area contributed by atoms with Crippen LogP contribution in [0.25, 0.3) is 0 Å². The Kier molecular flexibility index (Phi) is 5.70. The number of hydrogen-bond donors (Lipinski definition) is 3. The highest BCUT2D eigenvalue weighted by Crippen LogP contribution is 2.32. The van der Waals surface area contributed by atoms with E-state index in [9.17, 15) is 10.2 Å². The maximum atomic E-state index is 10.5. The Labute approximate surface area is 142 Å². The second kappa shape index (κ2) is 7.55. The van der Waals surface area contributed by atoms with Crippen LogP contribution in [0, 0.1) is 6.92 Å². The maximum absolute atomic E-state index is 10.5. The van der Waals surface area contributed by atoms with Gasteiger partial charge in [-0.1, -0.05) is 12.1 Å². The lowest BCUT2D eigenvalue weighted by Crippen LogP contribution is -2.34. The van der Waals surface area contributed by atoms with Crippen LogP contribution in [-0.2, 0) is 18.6 Å². The lowest BCUT2D eigenvalue weighted by atomic mass is 10.0. The zero-order chi connectivity index (χ0) is 17.7. The van der Waals surface area contributed by atoms with Crippen LogP contribution in [0.15, 0.2) is 41.3 Å². The van der Waals surface area contributed by atoms with E-state index in [1.807, 2.05) is 19.1 Å². The molecule has 3 N–H and O–H groups in total. The van der Waals surface area contributed by atoms with Crippen molar-refractivity contribution >= 4 is 0 Å². The molecule has 1 heterocycles. The smallest absolute Gasteiger partial charge is 0.161 e. The van der Waals surface area contributed by atoms with Gasteiger partial charge in [0.25, 0.3) is 0 Å². The second-order valence-corrected chi connectivity index (χ2v) is 6.09. The largest absolute Gasteiger partial charge is 0.504 e. The van der Waals surface area contributed by atoms with Gasteiger partial charge in [-0.25, -0.2) is 0 Å². The molecule has 0 radical (unpaired) electrons. The number of methoxy groups -OCH3 is 1. The Hall–Kier alpha value is -2.24. The minimum atomic E-state index is -1.10. The van der Waals surface area contributed by atoms with Crippen molar-refractivity contribution in [1.82, 2.24) is 5.32 Å². The van der Waals surface area contributed by atoms with Gasteiger partial charge in [0.2, 0.25) is 0 Å². The second-order valence-electron chi connectivity index (χ2n) is 6.09. The lowest BCUT2D eigenvalue weighted by Gasteiger charge is -2.21. The minimum absolute atomic E-state index is 0.138. The molecule has 2 rings (SSSR count). The molecule has 1 aromatic carbocycles. The van der Waals surface area contributed by atoms with Crippen LogP contribution < -0.4 is 10.1 Å². The zero-order valence-corrected chi connectivity index (χ0v) is 14.4. The number of ether oxygens (including phenoxy) is 1. The van der Waals surface area contributed by atoms with E-state index in [0.717, 1.165) is 16.9 Å². The van der Waals surface area contributed by atoms with Gasteiger partial charge in [0.15, 0.2) is 11.5 Å². The molecule has 130 valence electrons. The molecule has 1 atom stereocenters. The molecule has 0 aliphatic heterocycles. The van der Waals surface area contributed by atoms with Gasteiger partial charge in [-0.05, 0) is 44.0 Å². The van der Waals surface area contributed by atoms with E-state index in [2.05, 4.69) is 11.9 Å². The Balaban J connectivity index is 2.06. The number of aromatic hydroxyl groups is 1. The summed E-state index contributed by atoms with van der Waals surface area (Å²) in [4.78, 5) is 0. The average molecular weight is 331 g/mol. The van der Waals surface area contributed by atoms with Crippen LogP contribution >= 0.6 is 0 Å². The Morgan fingerprint density at radius 3 is 2.71 bits per heavy atom. The van der Waals surface area contributed by atoms with E-state index in [-0.39, 0.29) is 5.75 Å². The molecular weight excluding hydrogens is 306 g/mol. The highest BCUT2D eigenvalue weighted by Gasteiger charge is 2.26. The predicted octanol–water partition coefficient (Wildman–Crippen LogP) is 3.03. The van der Waals surface area contributed by atoms with Gasteiger partial charge in [-0.2, -0.15) is 0 Å². The van der Waals surface area contributed by atoms with Crippen molar-refractivity contribution < 1.29 is 19.4 Å². The molecule has 1 aromatic heterocycles. The van der Waals surface area contributed by atoms with Crippen LogP contribution in [0.1, 0.15) is 29.6 Å². The van der Waals surface area contributed by atoms with Gasteiger partial charge >= 0.3 is 0 Å². The van der Waals surface area contributed by atoms with Crippen LogP contribution in [0.3, 0.4) is 0 Å². The van der Waals surface area contributed by atoms with Crippen molar-refractivity contribution in [3.8, 4) is 11.5 Å². The fraction of sp³-hybridized carbons (Fsp3) is 0.368. The van der Waals surface area contributed by atoms with Crippen LogP contribution in [0.2, 0.25) is 0 Å². The fourth-order valence-corrected chi connectivity index (χ4v) is 2.56. The van der Waals surface area contributed by atoms with Crippen molar-refractivity contribution in [2.45, 2.75) is 32.4 Å². The molecule has 5 nitrogen and oxygen atoms in total. The van der Waals surface area contributed by atoms with Gasteiger partial charge in [0.1, 0.15) is 17.1 Å². The van der Waals surface area contributed by atoms with Gasteiger partial charge in [-0.3, -0.25) is 0 Å². The summed E-state index contributed by atoms with van der Waals surface area (Å²) in [6.07, 6.45) is 2.29. The van der Waals surface area contributed by atoms with Crippen molar-refractivity contribution in [3.05, 3.63) is 59.6 Å². The molecule has 0 amide bonds. The molecule has 0 fully saturated rings. The van der Waals surface area contributed by atoms with E-state index in [1.165, 1.54) is 7.11 Å². The van der Waals surface area contributed by atoms with Gasteiger partial charge in [0.05, 0.1) is 7.11 Å². The van der Waals surface area contributed by atoms with E-state index in [0.29, 0.717) is 31.0 Å². The number of hydrogen-bond acceptors (Lipinski definition) is 5. The first-order chi connectivity index (χ1) is 11.4. The number of furan rings is 1. The number of phenolic OH excluding ortho intramolecular Hbond substituents is 1. The quantitative estimate of drug-likeness (QED) is 0.648. The number of aryl methyl sites for hydroxylation is 1. The Morgan fingerprint density at radius 1 is 1.38 bits per heavy atom. The summed E-state index contributed by atoms with van der Waals surface area (Å²) >= 11 is 0. The summed E-state index contributed by atoms with van der Waals surface area (Å²) in [6.45, 7) is 8.11. The summed E-state index contributed by atoms with van der Waals surface area (Å²) in [7, 11) is 1.52. The third-order valence-corrected chi connectivity index (χ3v) is 3.87. The molecule has 1 unspecified atom stereocenters. The molecular formula is C19H25NO4. The first-order valence-electron chi connectivity index (χ1n) is 7.87. The molecule has 0 aliphatic rings. The van der Waals surface area contributed by atoms with E-state index in [4.69, 9.17) is 9.15 Å². The third-order valence-electron chi connectivity index (χ3n) is 3.87. The maximum Gasteiger partial charge on any atom is 0.161 e. The van der Waals surface area contributed by atoms with Crippen molar-refractivity contribution in [2.24, 2.45) is 0 Å². The number of rotatable bonds is 8. The van der Waals surface area contributed by atoms with Crippen LogP contribution in [0.4, 0.5) is 0 Å². The minimum Gasteiger partial charge on any atom is -0.504 e. The van der Waals surface area contributed by atoms with Crippen molar-refractivity contribution in [1.29, 1.82) is 0 Å². The predicted molar refractivity (Wildman–Crippen MR) is 93.3 cm³/mol. The summed E-state index contributed by atoms with van der Waals surface area (Å²) in [5.41, 5.74) is 0.613. The number of allylic oxidation sites excluding steroid dienone is 1. The van der Waals surface area contributed by atoms with Crippen molar-refractivity contribution in [2.75, 3.05) is 13.7 Å².